The SMILES string of the molecule is O=C1c2cc3c(cc2C(=O)N1c1cccc(N2C(=O)c4cc5c(cc4C2=O)-c2nc-5c(-c4ccccc4)c4ccc([n-]4)c(-c4ccccc4)c4nc(c(-c5ccccc5)c5ccc([n-]5)c2-c2ccccc2)C=C4)c1)-c1nc-3c(-c2ccccc2)c2ccc([n-]2)c(-c2ccccc2)c2nc(c(-c3ccccc3)c3ccc([n-]3)c1-c1ccccc1)C=C2.[Ni+2].[Ni+2]. The normalized spacial score (nSPS) is 12.8. The molecule has 0 unspecified atom stereocenters. The van der Waals surface area contributed by atoms with Gasteiger partial charge in [-0.25, -0.2) is 29.7 Å². The summed E-state index contributed by atoms with van der Waals surface area (Å²) in [5.74, 6) is -2.45. The molecule has 23 rings (SSSR count). The van der Waals surface area contributed by atoms with Crippen molar-refractivity contribution in [3.8, 4) is 134 Å². The third kappa shape index (κ3) is 12.0. The van der Waals surface area contributed by atoms with E-state index in [1.807, 2.05) is 267 Å². The molecule has 0 radical (unpaired) electrons. The van der Waals surface area contributed by atoms with E-state index in [1.54, 1.807) is 48.5 Å². The van der Waals surface area contributed by atoms with Crippen LogP contribution in [0.15, 0.2) is 340 Å². The Hall–Kier alpha value is -15.6. The summed E-state index contributed by atoms with van der Waals surface area (Å²) in [4.78, 5) is 110. The zero-order chi connectivity index (χ0) is 79.8. The maximum atomic E-state index is 15.9. The van der Waals surface area contributed by atoms with Crippen LogP contribution in [0, 0.1) is 0 Å². The molecule has 6 aliphatic rings. The van der Waals surface area contributed by atoms with E-state index in [-0.39, 0.29) is 66.6 Å². The zero-order valence-electron chi connectivity index (χ0n) is 64.4. The number of rotatable bonds is 10. The van der Waals surface area contributed by atoms with Gasteiger partial charge >= 0.3 is 33.0 Å². The van der Waals surface area contributed by atoms with Crippen molar-refractivity contribution in [2.24, 2.45) is 0 Å². The third-order valence-corrected chi connectivity index (χ3v) is 23.2. The molecule has 4 amide bonds. The minimum Gasteiger partial charge on any atom is -0.657 e. The molecule has 0 N–H and O–H groups in total. The van der Waals surface area contributed by atoms with Gasteiger partial charge in [0.25, 0.3) is 23.6 Å². The maximum Gasteiger partial charge on any atom is 2.00 e. The molecule has 0 saturated heterocycles. The van der Waals surface area contributed by atoms with Crippen LogP contribution in [0.2, 0.25) is 0 Å². The first kappa shape index (κ1) is 74.0. The summed E-state index contributed by atoms with van der Waals surface area (Å²) in [6.45, 7) is 0. The molecule has 0 fully saturated rings. The van der Waals surface area contributed by atoms with Crippen molar-refractivity contribution < 1.29 is 52.2 Å². The van der Waals surface area contributed by atoms with Gasteiger partial charge in [0.1, 0.15) is 0 Å². The summed E-state index contributed by atoms with van der Waals surface area (Å²) in [5.41, 5.74) is 26.3. The Morgan fingerprint density at radius 3 is 0.582 bits per heavy atom. The van der Waals surface area contributed by atoms with Crippen LogP contribution in [0.1, 0.15) is 64.2 Å². The standard InChI is InChI=1S/C106H64N10O4.2Ni/c117-103-75-57-71-72(100-96(66-36-19-6-20-37-66)88-53-49-84(110-88)92(62-28-11-2-12-29-62)80-45-44-79(107-80)91(61-26-9-1-10-27-61)83-48-52-87(109-83)95(99(71)113-100)65-34-17-5-18-35-65)58-76(75)104(118)115(103)69-42-25-43-70(56-69)116-105(119)77-59-73-74(60-78(77)106(116)120)102-98(68-40-23-8-24-41-68)90-55-51-86(112-90)94(64-32-15-4-16-33-64)82-47-46-81(108-82)93(63-30-13-3-14-31-63)85-50-54-89(111-85)97(101(73)114-102)67-38-21-7-22-39-67;;/h1-60H,(H4,107,108,109,110,111,112,113,114,117,118,119,120);;/q;2*+2/p-4. The van der Waals surface area contributed by atoms with Crippen LogP contribution in [0.3, 0.4) is 0 Å². The second-order valence-electron chi connectivity index (χ2n) is 30.1. The van der Waals surface area contributed by atoms with Crippen molar-refractivity contribution in [2.45, 2.75) is 0 Å². The van der Waals surface area contributed by atoms with Gasteiger partial charge in [0.15, 0.2) is 0 Å². The summed E-state index contributed by atoms with van der Waals surface area (Å²) in [5, 5.41) is 0. The Labute approximate surface area is 718 Å². The summed E-state index contributed by atoms with van der Waals surface area (Å²) in [7, 11) is 0. The number of anilines is 2. The van der Waals surface area contributed by atoms with Crippen LogP contribution in [0.4, 0.5) is 11.4 Å². The summed E-state index contributed by atoms with van der Waals surface area (Å²) >= 11 is 0. The second-order valence-corrected chi connectivity index (χ2v) is 30.1. The largest absolute Gasteiger partial charge is 2.00 e. The molecule has 0 aliphatic carbocycles. The molecule has 16 heteroatoms. The van der Waals surface area contributed by atoms with Crippen LogP contribution >= 0.6 is 0 Å². The molecule has 6 aromatic heterocycles. The van der Waals surface area contributed by atoms with E-state index in [9.17, 15) is 0 Å². The fourth-order valence-electron chi connectivity index (χ4n) is 17.8. The summed E-state index contributed by atoms with van der Waals surface area (Å²) in [6.07, 6.45) is 8.19. The van der Waals surface area contributed by atoms with Crippen LogP contribution in [0.25, 0.3) is 202 Å². The molecule has 0 atom stereocenters. The quantitative estimate of drug-likeness (QED) is 0.0934. The molecule has 14 nitrogen and oxygen atoms in total. The van der Waals surface area contributed by atoms with Gasteiger partial charge in [-0.3, -0.25) is 19.2 Å². The van der Waals surface area contributed by atoms with Gasteiger partial charge in [-0.05, 0) is 156 Å². The number of carbonyl (C=O) groups is 4. The summed E-state index contributed by atoms with van der Waals surface area (Å²) in [6, 6.07) is 110. The van der Waals surface area contributed by atoms with E-state index in [1.165, 1.54) is 0 Å². The van der Waals surface area contributed by atoms with E-state index in [0.717, 1.165) is 99.3 Å². The van der Waals surface area contributed by atoms with Crippen LogP contribution in [0.5, 0.6) is 0 Å². The Balaban J connectivity index is 0.00000458. The van der Waals surface area contributed by atoms with Crippen molar-refractivity contribution in [3.63, 3.8) is 0 Å². The topological polar surface area (TPSA) is 183 Å². The van der Waals surface area contributed by atoms with Gasteiger partial charge in [-0.15, -0.1) is 44.1 Å². The molecular weight excluding hydrogens is 1590 g/mol. The van der Waals surface area contributed by atoms with Gasteiger partial charge in [0, 0.05) is 22.3 Å². The molecule has 17 aromatic rings. The van der Waals surface area contributed by atoms with Crippen LogP contribution in [-0.4, -0.2) is 43.6 Å². The molecule has 0 saturated carbocycles. The van der Waals surface area contributed by atoms with E-state index in [0.29, 0.717) is 111 Å². The number of carbonyl (C=O) groups excluding carboxylic acids is 4. The predicted molar refractivity (Wildman–Crippen MR) is 477 cm³/mol. The first-order chi connectivity index (χ1) is 59.2. The molecule has 16 bridgehead atoms. The Morgan fingerprint density at radius 1 is 0.189 bits per heavy atom. The average Bonchev–Trinajstić information content (AvgIpc) is 1.56. The number of hydrogen-bond acceptors (Lipinski definition) is 8. The fraction of sp³-hybridized carbons (Fsp3) is 0. The monoisotopic (exact) mass is 1650 g/mol. The number of hydrogen-bond donors (Lipinski definition) is 0. The molecule has 578 valence electrons. The van der Waals surface area contributed by atoms with E-state index in [4.69, 9.17) is 39.9 Å². The number of benzene rings is 11. The van der Waals surface area contributed by atoms with Gasteiger partial charge in [-0.2, -0.15) is 0 Å². The predicted octanol–water partition coefficient (Wildman–Crippen LogP) is 23.4. The Bertz CT molecular complexity index is 6850. The molecule has 122 heavy (non-hydrogen) atoms. The van der Waals surface area contributed by atoms with Crippen molar-refractivity contribution in [3.05, 3.63) is 385 Å². The van der Waals surface area contributed by atoms with E-state index < -0.39 is 23.6 Å². The molecule has 11 aromatic carbocycles. The van der Waals surface area contributed by atoms with Crippen molar-refractivity contribution >= 4 is 103 Å². The van der Waals surface area contributed by atoms with Crippen molar-refractivity contribution in [1.29, 1.82) is 0 Å². The number of amides is 4. The van der Waals surface area contributed by atoms with Crippen LogP contribution < -0.4 is 29.7 Å². The van der Waals surface area contributed by atoms with Gasteiger partial charge < -0.3 is 19.9 Å². The smallest absolute Gasteiger partial charge is 0.657 e. The first-order valence-electron chi connectivity index (χ1n) is 39.6. The number of aromatic nitrogens is 8. The Morgan fingerprint density at radius 2 is 0.377 bits per heavy atom. The minimum absolute atomic E-state index is 0. The van der Waals surface area contributed by atoms with Crippen molar-refractivity contribution in [2.75, 3.05) is 9.80 Å². The third-order valence-electron chi connectivity index (χ3n) is 23.2. The maximum absolute atomic E-state index is 15.9. The molecule has 12 heterocycles. The second kappa shape index (κ2) is 29.8. The van der Waals surface area contributed by atoms with Gasteiger partial charge in [0.05, 0.1) is 79.2 Å². The fourth-order valence-corrected chi connectivity index (χ4v) is 17.8. The number of nitrogens with zero attached hydrogens (tertiary/aromatic N) is 10. The minimum atomic E-state index is -0.613. The van der Waals surface area contributed by atoms with Crippen molar-refractivity contribution in [1.82, 2.24) is 39.9 Å². The number of imide groups is 2. The van der Waals surface area contributed by atoms with E-state index in [2.05, 4.69) is 48.5 Å². The van der Waals surface area contributed by atoms with Gasteiger partial charge in [-0.1, -0.05) is 297 Å². The zero-order valence-corrected chi connectivity index (χ0v) is 66.4. The average molecular weight is 1660 g/mol. The van der Waals surface area contributed by atoms with Gasteiger partial charge in [0.2, 0.25) is 0 Å². The molecule has 0 spiro atoms. The van der Waals surface area contributed by atoms with E-state index >= 15 is 19.2 Å². The summed E-state index contributed by atoms with van der Waals surface area (Å²) < 4.78 is 0. The number of fused-ring (bicyclic) bond motifs is 24. The Kier molecular flexibility index (Phi) is 18.1. The molecule has 6 aliphatic heterocycles. The molecular formula is C106H60N10Ni2O4. The van der Waals surface area contributed by atoms with Crippen LogP contribution in [-0.2, 0) is 33.0 Å². The first-order valence-corrected chi connectivity index (χ1v) is 39.6.